The van der Waals surface area contributed by atoms with Crippen molar-refractivity contribution >= 4 is 40.7 Å². The van der Waals surface area contributed by atoms with Gasteiger partial charge in [-0.25, -0.2) is 4.79 Å². The van der Waals surface area contributed by atoms with Crippen LogP contribution in [-0.4, -0.2) is 23.2 Å². The Labute approximate surface area is 145 Å². The summed E-state index contributed by atoms with van der Waals surface area (Å²) in [7, 11) is 1.57. The van der Waals surface area contributed by atoms with E-state index in [0.29, 0.717) is 22.3 Å². The minimum Gasteiger partial charge on any atom is -0.494 e. The first-order valence-electron chi connectivity index (χ1n) is 7.13. The number of rotatable bonds is 4. The first kappa shape index (κ1) is 17.6. The monoisotopic (exact) mass is 344 g/mol. The maximum absolute atomic E-state index is 11.6. The van der Waals surface area contributed by atoms with Crippen molar-refractivity contribution in [3.63, 3.8) is 0 Å². The van der Waals surface area contributed by atoms with Crippen LogP contribution in [0.4, 0.5) is 11.4 Å². The second kappa shape index (κ2) is 7.19. The molecule has 0 saturated heterocycles. The van der Waals surface area contributed by atoms with E-state index in [9.17, 15) is 9.90 Å². The smallest absolute Gasteiger partial charge is 0.339 e. The Hall–Kier alpha value is -2.79. The van der Waals surface area contributed by atoms with Crippen molar-refractivity contribution in [1.29, 1.82) is 0 Å². The van der Waals surface area contributed by atoms with Gasteiger partial charge in [0.2, 0.25) is 0 Å². The van der Waals surface area contributed by atoms with Crippen LogP contribution in [0.25, 0.3) is 10.9 Å². The average molecular weight is 345 g/mol. The van der Waals surface area contributed by atoms with Gasteiger partial charge >= 0.3 is 5.97 Å². The lowest BCUT2D eigenvalue weighted by molar-refractivity contribution is 0.0697. The normalized spacial score (nSPS) is 10.1. The maximum atomic E-state index is 11.6. The first-order valence-corrected chi connectivity index (χ1v) is 7.13. The first-order chi connectivity index (χ1) is 11.1. The van der Waals surface area contributed by atoms with Gasteiger partial charge in [-0.05, 0) is 24.6 Å². The van der Waals surface area contributed by atoms with Crippen LogP contribution in [0.2, 0.25) is 0 Å². The molecule has 3 rings (SSSR count). The van der Waals surface area contributed by atoms with Crippen molar-refractivity contribution in [1.82, 2.24) is 4.98 Å². The molecule has 0 aliphatic carbocycles. The molecular formula is C18H17ClN2O3. The van der Waals surface area contributed by atoms with E-state index in [1.807, 2.05) is 43.3 Å². The maximum Gasteiger partial charge on any atom is 0.339 e. The molecule has 5 nitrogen and oxygen atoms in total. The Morgan fingerprint density at radius 1 is 1.17 bits per heavy atom. The minimum atomic E-state index is -1.03. The topological polar surface area (TPSA) is 71.5 Å². The summed E-state index contributed by atoms with van der Waals surface area (Å²) in [5.74, 6) is -0.425. The quantitative estimate of drug-likeness (QED) is 0.733. The Bertz CT molecular complexity index is 897. The van der Waals surface area contributed by atoms with Crippen LogP contribution in [0.15, 0.2) is 48.7 Å². The van der Waals surface area contributed by atoms with Crippen molar-refractivity contribution in [3.8, 4) is 5.75 Å². The molecule has 6 heteroatoms. The van der Waals surface area contributed by atoms with E-state index in [1.165, 1.54) is 6.20 Å². The van der Waals surface area contributed by atoms with Gasteiger partial charge in [0.05, 0.1) is 12.8 Å². The summed E-state index contributed by atoms with van der Waals surface area (Å²) in [5.41, 5.74) is 3.13. The summed E-state index contributed by atoms with van der Waals surface area (Å²) >= 11 is 0. The third kappa shape index (κ3) is 3.12. The number of aromatic nitrogens is 1. The SMILES string of the molecule is COc1cccc2c(Nc3ccccc3C)c(C(=O)O)cnc12.Cl. The van der Waals surface area contributed by atoms with Crippen LogP contribution in [0.5, 0.6) is 5.75 Å². The molecule has 1 heterocycles. The van der Waals surface area contributed by atoms with Gasteiger partial charge in [0.25, 0.3) is 0 Å². The summed E-state index contributed by atoms with van der Waals surface area (Å²) in [6.07, 6.45) is 1.35. The molecule has 0 unspecified atom stereocenters. The number of aromatic carboxylic acids is 1. The number of pyridine rings is 1. The number of carboxylic acids is 1. The highest BCUT2D eigenvalue weighted by Crippen LogP contribution is 2.34. The molecule has 124 valence electrons. The number of halogens is 1. The molecule has 0 spiro atoms. The summed E-state index contributed by atoms with van der Waals surface area (Å²) < 4.78 is 5.32. The molecule has 0 amide bonds. The average Bonchev–Trinajstić information content (AvgIpc) is 2.56. The molecule has 24 heavy (non-hydrogen) atoms. The fourth-order valence-electron chi connectivity index (χ4n) is 2.51. The number of aryl methyl sites for hydroxylation is 1. The number of fused-ring (bicyclic) bond motifs is 1. The number of methoxy groups -OCH3 is 1. The molecule has 2 aromatic carbocycles. The van der Waals surface area contributed by atoms with E-state index in [1.54, 1.807) is 13.2 Å². The molecule has 2 N–H and O–H groups in total. The summed E-state index contributed by atoms with van der Waals surface area (Å²) in [6.45, 7) is 1.97. The molecule has 3 aromatic rings. The fourth-order valence-corrected chi connectivity index (χ4v) is 2.51. The van der Waals surface area contributed by atoms with Crippen LogP contribution >= 0.6 is 12.4 Å². The predicted octanol–water partition coefficient (Wildman–Crippen LogP) is 4.42. The Kier molecular flexibility index (Phi) is 5.26. The number of carboxylic acid groups (broad SMARTS) is 1. The van der Waals surface area contributed by atoms with Gasteiger partial charge in [0.1, 0.15) is 16.8 Å². The van der Waals surface area contributed by atoms with Crippen molar-refractivity contribution in [2.24, 2.45) is 0 Å². The number of carbonyl (C=O) groups is 1. The molecular weight excluding hydrogens is 328 g/mol. The highest BCUT2D eigenvalue weighted by Gasteiger charge is 2.17. The van der Waals surface area contributed by atoms with Crippen LogP contribution in [0.1, 0.15) is 15.9 Å². The minimum absolute atomic E-state index is 0. The van der Waals surface area contributed by atoms with Crippen LogP contribution in [0.3, 0.4) is 0 Å². The van der Waals surface area contributed by atoms with E-state index in [-0.39, 0.29) is 18.0 Å². The largest absolute Gasteiger partial charge is 0.494 e. The second-order valence-corrected chi connectivity index (χ2v) is 5.15. The highest BCUT2D eigenvalue weighted by molar-refractivity contribution is 6.06. The van der Waals surface area contributed by atoms with Gasteiger partial charge in [-0.15, -0.1) is 12.4 Å². The summed E-state index contributed by atoms with van der Waals surface area (Å²) in [4.78, 5) is 15.8. The van der Waals surface area contributed by atoms with Crippen molar-refractivity contribution in [2.75, 3.05) is 12.4 Å². The van der Waals surface area contributed by atoms with Crippen LogP contribution < -0.4 is 10.1 Å². The van der Waals surface area contributed by atoms with E-state index >= 15 is 0 Å². The zero-order valence-electron chi connectivity index (χ0n) is 13.2. The molecule has 0 fully saturated rings. The molecule has 0 bridgehead atoms. The lowest BCUT2D eigenvalue weighted by atomic mass is 10.1. The van der Waals surface area contributed by atoms with Gasteiger partial charge in [0, 0.05) is 17.3 Å². The molecule has 0 aliphatic heterocycles. The Morgan fingerprint density at radius 2 is 1.92 bits per heavy atom. The molecule has 1 aromatic heterocycles. The Morgan fingerprint density at radius 3 is 2.58 bits per heavy atom. The van der Waals surface area contributed by atoms with Crippen molar-refractivity contribution in [2.45, 2.75) is 6.92 Å². The van der Waals surface area contributed by atoms with E-state index in [0.717, 1.165) is 11.3 Å². The van der Waals surface area contributed by atoms with E-state index in [4.69, 9.17) is 4.74 Å². The zero-order chi connectivity index (χ0) is 16.4. The third-order valence-corrected chi connectivity index (χ3v) is 3.72. The number of nitrogens with zero attached hydrogens (tertiary/aromatic N) is 1. The number of para-hydroxylation sites is 2. The van der Waals surface area contributed by atoms with Gasteiger partial charge in [-0.1, -0.05) is 30.3 Å². The van der Waals surface area contributed by atoms with Crippen LogP contribution in [-0.2, 0) is 0 Å². The number of nitrogens with one attached hydrogen (secondary N) is 1. The van der Waals surface area contributed by atoms with E-state index < -0.39 is 5.97 Å². The predicted molar refractivity (Wildman–Crippen MR) is 97.0 cm³/mol. The van der Waals surface area contributed by atoms with E-state index in [2.05, 4.69) is 10.3 Å². The van der Waals surface area contributed by atoms with Gasteiger partial charge in [0.15, 0.2) is 0 Å². The van der Waals surface area contributed by atoms with Crippen molar-refractivity contribution < 1.29 is 14.6 Å². The number of benzene rings is 2. The van der Waals surface area contributed by atoms with Gasteiger partial charge in [-0.3, -0.25) is 4.98 Å². The number of hydrogen-bond acceptors (Lipinski definition) is 4. The fraction of sp³-hybridized carbons (Fsp3) is 0.111. The number of hydrogen-bond donors (Lipinski definition) is 2. The number of ether oxygens (including phenoxy) is 1. The highest BCUT2D eigenvalue weighted by atomic mass is 35.5. The third-order valence-electron chi connectivity index (χ3n) is 3.72. The second-order valence-electron chi connectivity index (χ2n) is 5.15. The lowest BCUT2D eigenvalue weighted by Gasteiger charge is -2.15. The molecule has 0 radical (unpaired) electrons. The Balaban J connectivity index is 0.00000208. The molecule has 0 atom stereocenters. The standard InChI is InChI=1S/C18H16N2O3.ClH/c1-11-6-3-4-8-14(11)20-16-12-7-5-9-15(23-2)17(12)19-10-13(16)18(21)22;/h3-10H,1-2H3,(H,19,20)(H,21,22);1H. The van der Waals surface area contributed by atoms with Crippen molar-refractivity contribution in [3.05, 3.63) is 59.8 Å². The molecule has 0 aliphatic rings. The molecule has 0 saturated carbocycles. The number of anilines is 2. The summed E-state index contributed by atoms with van der Waals surface area (Å²) in [6, 6.07) is 13.2. The summed E-state index contributed by atoms with van der Waals surface area (Å²) in [5, 5.41) is 13.4. The zero-order valence-corrected chi connectivity index (χ0v) is 14.1. The van der Waals surface area contributed by atoms with Gasteiger partial charge in [-0.2, -0.15) is 0 Å². The van der Waals surface area contributed by atoms with Gasteiger partial charge < -0.3 is 15.2 Å². The lowest BCUT2D eigenvalue weighted by Crippen LogP contribution is -2.05. The van der Waals surface area contributed by atoms with Crippen LogP contribution in [0, 0.1) is 6.92 Å².